The predicted octanol–water partition coefficient (Wildman–Crippen LogP) is 2.69. The van der Waals surface area contributed by atoms with E-state index in [1.165, 1.54) is 30.0 Å². The molecule has 26 heavy (non-hydrogen) atoms. The van der Waals surface area contributed by atoms with Gasteiger partial charge in [0.05, 0.1) is 15.9 Å². The van der Waals surface area contributed by atoms with Crippen molar-refractivity contribution >= 4 is 29.0 Å². The van der Waals surface area contributed by atoms with Gasteiger partial charge in [-0.15, -0.1) is 5.10 Å². The number of nitro groups is 1. The number of thioether (sulfide) groups is 1. The Balaban J connectivity index is 1.70. The molecular weight excluding hydrogens is 356 g/mol. The van der Waals surface area contributed by atoms with Crippen molar-refractivity contribution < 1.29 is 9.72 Å². The molecule has 0 bridgehead atoms. The summed E-state index contributed by atoms with van der Waals surface area (Å²) in [5.41, 5.74) is 1.06. The van der Waals surface area contributed by atoms with Crippen LogP contribution in [-0.4, -0.2) is 36.3 Å². The highest BCUT2D eigenvalue weighted by molar-refractivity contribution is 8.00. The molecule has 132 valence electrons. The number of carbonyl (C=O) groups excluding carboxylic acids is 1. The molecule has 1 atom stereocenters. The number of amides is 1. The highest BCUT2D eigenvalue weighted by Gasteiger charge is 2.20. The summed E-state index contributed by atoms with van der Waals surface area (Å²) >= 11 is 1.19. The third kappa shape index (κ3) is 4.03. The van der Waals surface area contributed by atoms with Gasteiger partial charge in [-0.3, -0.25) is 14.9 Å². The van der Waals surface area contributed by atoms with Crippen molar-refractivity contribution in [2.45, 2.75) is 17.3 Å². The second kappa shape index (κ2) is 7.74. The lowest BCUT2D eigenvalue weighted by atomic mass is 10.2. The maximum absolute atomic E-state index is 12.4. The van der Waals surface area contributed by atoms with Crippen LogP contribution in [0.4, 0.5) is 11.4 Å². The predicted molar refractivity (Wildman–Crippen MR) is 96.2 cm³/mol. The number of nitro benzene ring substituents is 1. The van der Waals surface area contributed by atoms with Crippen LogP contribution in [0.3, 0.4) is 0 Å². The molecule has 1 aromatic heterocycles. The molecule has 0 aliphatic carbocycles. The van der Waals surface area contributed by atoms with Crippen LogP contribution in [0, 0.1) is 10.1 Å². The van der Waals surface area contributed by atoms with Crippen molar-refractivity contribution in [1.29, 1.82) is 0 Å². The normalized spacial score (nSPS) is 11.7. The van der Waals surface area contributed by atoms with Gasteiger partial charge in [0.2, 0.25) is 11.1 Å². The number of nitrogens with one attached hydrogen (secondary N) is 1. The molecule has 2 aromatic carbocycles. The first-order valence-electron chi connectivity index (χ1n) is 7.60. The van der Waals surface area contributed by atoms with Crippen molar-refractivity contribution in [2.75, 3.05) is 5.32 Å². The molecule has 9 nitrogen and oxygen atoms in total. The fourth-order valence-electron chi connectivity index (χ4n) is 2.14. The Morgan fingerprint density at radius 2 is 2.00 bits per heavy atom. The molecule has 1 heterocycles. The molecule has 0 radical (unpaired) electrons. The van der Waals surface area contributed by atoms with E-state index in [0.717, 1.165) is 5.69 Å². The molecular formula is C16H14N6O3S. The van der Waals surface area contributed by atoms with Crippen LogP contribution < -0.4 is 5.32 Å². The van der Waals surface area contributed by atoms with E-state index in [2.05, 4.69) is 20.8 Å². The molecule has 0 saturated heterocycles. The summed E-state index contributed by atoms with van der Waals surface area (Å²) in [6, 6.07) is 15.1. The number of aromatic nitrogens is 4. The second-order valence-corrected chi connectivity index (χ2v) is 6.57. The Kier molecular flexibility index (Phi) is 5.23. The fourth-order valence-corrected chi connectivity index (χ4v) is 2.94. The molecule has 0 aliphatic heterocycles. The van der Waals surface area contributed by atoms with Crippen LogP contribution in [-0.2, 0) is 4.79 Å². The van der Waals surface area contributed by atoms with Crippen LogP contribution in [0.15, 0.2) is 59.8 Å². The van der Waals surface area contributed by atoms with Crippen LogP contribution in [0.25, 0.3) is 5.69 Å². The summed E-state index contributed by atoms with van der Waals surface area (Å²) in [6.07, 6.45) is 0. The number of hydrogen-bond donors (Lipinski definition) is 1. The number of anilines is 1. The van der Waals surface area contributed by atoms with Gasteiger partial charge in [0, 0.05) is 17.8 Å². The molecule has 0 fully saturated rings. The lowest BCUT2D eigenvalue weighted by Gasteiger charge is -2.11. The average Bonchev–Trinajstić information content (AvgIpc) is 3.10. The van der Waals surface area contributed by atoms with Crippen molar-refractivity contribution in [3.8, 4) is 5.69 Å². The highest BCUT2D eigenvalue weighted by Crippen LogP contribution is 2.24. The minimum Gasteiger partial charge on any atom is -0.325 e. The standard InChI is InChI=1S/C16H14N6O3S/c1-11(15(23)17-12-6-5-9-14(10-12)22(24)25)26-16-18-19-20-21(16)13-7-3-2-4-8-13/h2-11H,1H3,(H,17,23). The summed E-state index contributed by atoms with van der Waals surface area (Å²) in [4.78, 5) is 22.7. The number of hydrogen-bond acceptors (Lipinski definition) is 7. The maximum atomic E-state index is 12.4. The number of carbonyl (C=O) groups is 1. The van der Waals surface area contributed by atoms with E-state index >= 15 is 0 Å². The van der Waals surface area contributed by atoms with Crippen molar-refractivity contribution in [3.05, 3.63) is 64.7 Å². The van der Waals surface area contributed by atoms with Crippen LogP contribution in [0.1, 0.15) is 6.92 Å². The fraction of sp³-hybridized carbons (Fsp3) is 0.125. The van der Waals surface area contributed by atoms with E-state index in [9.17, 15) is 14.9 Å². The summed E-state index contributed by atoms with van der Waals surface area (Å²) in [5, 5.41) is 25.0. The van der Waals surface area contributed by atoms with Crippen molar-refractivity contribution in [1.82, 2.24) is 20.2 Å². The Morgan fingerprint density at radius 1 is 1.23 bits per heavy atom. The Hall–Kier alpha value is -3.27. The smallest absolute Gasteiger partial charge is 0.271 e. The zero-order valence-electron chi connectivity index (χ0n) is 13.6. The van der Waals surface area contributed by atoms with Gasteiger partial charge in [0.25, 0.3) is 5.69 Å². The van der Waals surface area contributed by atoms with E-state index in [1.54, 1.807) is 17.7 Å². The first kappa shape index (κ1) is 17.5. The van der Waals surface area contributed by atoms with E-state index in [0.29, 0.717) is 10.8 Å². The first-order valence-corrected chi connectivity index (χ1v) is 8.48. The molecule has 1 N–H and O–H groups in total. The molecule has 1 unspecified atom stereocenters. The third-order valence-corrected chi connectivity index (χ3v) is 4.45. The monoisotopic (exact) mass is 370 g/mol. The topological polar surface area (TPSA) is 116 Å². The van der Waals surface area contributed by atoms with Gasteiger partial charge in [-0.25, -0.2) is 0 Å². The summed E-state index contributed by atoms with van der Waals surface area (Å²) in [5.74, 6) is -0.307. The molecule has 10 heteroatoms. The zero-order valence-corrected chi connectivity index (χ0v) is 14.5. The quantitative estimate of drug-likeness (QED) is 0.403. The Bertz CT molecular complexity index is 930. The van der Waals surface area contributed by atoms with E-state index in [-0.39, 0.29) is 11.6 Å². The van der Waals surface area contributed by atoms with Crippen molar-refractivity contribution in [2.24, 2.45) is 0 Å². The van der Waals surface area contributed by atoms with E-state index in [1.807, 2.05) is 30.3 Å². The minimum absolute atomic E-state index is 0.0869. The van der Waals surface area contributed by atoms with E-state index < -0.39 is 10.2 Å². The van der Waals surface area contributed by atoms with Gasteiger partial charge in [-0.05, 0) is 35.5 Å². The van der Waals surface area contributed by atoms with Gasteiger partial charge >= 0.3 is 0 Å². The van der Waals surface area contributed by atoms with Crippen LogP contribution in [0.5, 0.6) is 0 Å². The molecule has 3 aromatic rings. The summed E-state index contributed by atoms with van der Waals surface area (Å²) in [6.45, 7) is 1.71. The lowest BCUT2D eigenvalue weighted by molar-refractivity contribution is -0.384. The van der Waals surface area contributed by atoms with Gasteiger partial charge in [-0.2, -0.15) is 4.68 Å². The largest absolute Gasteiger partial charge is 0.325 e. The number of para-hydroxylation sites is 1. The average molecular weight is 370 g/mol. The van der Waals surface area contributed by atoms with E-state index in [4.69, 9.17) is 0 Å². The maximum Gasteiger partial charge on any atom is 0.271 e. The Morgan fingerprint density at radius 3 is 2.73 bits per heavy atom. The first-order chi connectivity index (χ1) is 12.5. The Labute approximate surface area is 152 Å². The molecule has 3 rings (SSSR count). The molecule has 1 amide bonds. The van der Waals surface area contributed by atoms with Gasteiger partial charge < -0.3 is 5.32 Å². The number of tetrazole rings is 1. The number of benzene rings is 2. The SMILES string of the molecule is CC(Sc1nnnn1-c1ccccc1)C(=O)Nc1cccc([N+](=O)[O-])c1. The van der Waals surface area contributed by atoms with Gasteiger partial charge in [0.15, 0.2) is 0 Å². The highest BCUT2D eigenvalue weighted by atomic mass is 32.2. The molecule has 0 spiro atoms. The number of rotatable bonds is 6. The van der Waals surface area contributed by atoms with Crippen LogP contribution >= 0.6 is 11.8 Å². The lowest BCUT2D eigenvalue weighted by Crippen LogP contribution is -2.23. The van der Waals surface area contributed by atoms with Gasteiger partial charge in [0.1, 0.15) is 0 Å². The number of non-ortho nitro benzene ring substituents is 1. The molecule has 0 aliphatic rings. The van der Waals surface area contributed by atoms with Crippen LogP contribution in [0.2, 0.25) is 0 Å². The number of nitrogens with zero attached hydrogens (tertiary/aromatic N) is 5. The summed E-state index contributed by atoms with van der Waals surface area (Å²) in [7, 11) is 0. The minimum atomic E-state index is -0.512. The third-order valence-electron chi connectivity index (χ3n) is 3.42. The second-order valence-electron chi connectivity index (χ2n) is 5.27. The summed E-state index contributed by atoms with van der Waals surface area (Å²) < 4.78 is 1.54. The van der Waals surface area contributed by atoms with Crippen molar-refractivity contribution in [3.63, 3.8) is 0 Å². The van der Waals surface area contributed by atoms with Gasteiger partial charge in [-0.1, -0.05) is 36.0 Å². The zero-order chi connectivity index (χ0) is 18.5. The molecule has 0 saturated carbocycles.